The zero-order valence-electron chi connectivity index (χ0n) is 16.9. The van der Waals surface area contributed by atoms with E-state index in [0.29, 0.717) is 36.0 Å². The maximum Gasteiger partial charge on any atom is 0.410 e. The molecule has 1 N–H and O–H groups in total. The van der Waals surface area contributed by atoms with E-state index in [2.05, 4.69) is 5.32 Å². The van der Waals surface area contributed by atoms with Crippen LogP contribution >= 0.6 is 11.6 Å². The first-order valence-electron chi connectivity index (χ1n) is 9.73. The summed E-state index contributed by atoms with van der Waals surface area (Å²) in [7, 11) is 1.35. The normalized spacial score (nSPS) is 13.6. The van der Waals surface area contributed by atoms with Gasteiger partial charge < -0.3 is 24.4 Å². The fourth-order valence-electron chi connectivity index (χ4n) is 3.06. The number of ether oxygens (including phenoxy) is 3. The van der Waals surface area contributed by atoms with Gasteiger partial charge in [-0.05, 0) is 35.4 Å². The Hall–Kier alpha value is -2.77. The summed E-state index contributed by atoms with van der Waals surface area (Å²) in [5.41, 5.74) is 2.41. The largest absolute Gasteiger partial charge is 0.488 e. The van der Waals surface area contributed by atoms with Crippen LogP contribution in [0, 0.1) is 0 Å². The van der Waals surface area contributed by atoms with Crippen LogP contribution in [0.15, 0.2) is 42.5 Å². The summed E-state index contributed by atoms with van der Waals surface area (Å²) in [6.45, 7) is 3.11. The molecule has 1 saturated heterocycles. The van der Waals surface area contributed by atoms with E-state index < -0.39 is 0 Å². The number of esters is 1. The number of benzene rings is 2. The number of nitrogens with zero attached hydrogens (tertiary/aromatic N) is 1. The molecule has 1 amide bonds. The Morgan fingerprint density at radius 1 is 1.03 bits per heavy atom. The Balaban J connectivity index is 1.70. The van der Waals surface area contributed by atoms with Gasteiger partial charge in [0.2, 0.25) is 0 Å². The Morgan fingerprint density at radius 2 is 1.73 bits per heavy atom. The summed E-state index contributed by atoms with van der Waals surface area (Å²) in [4.78, 5) is 25.6. The summed E-state index contributed by atoms with van der Waals surface area (Å²) in [6, 6.07) is 12.8. The van der Waals surface area contributed by atoms with Gasteiger partial charge in [0.05, 0.1) is 13.5 Å². The molecule has 0 atom stereocenters. The van der Waals surface area contributed by atoms with Gasteiger partial charge in [-0.3, -0.25) is 4.79 Å². The summed E-state index contributed by atoms with van der Waals surface area (Å²) in [5, 5.41) is 3.86. The molecule has 2 aromatic carbocycles. The second kappa shape index (κ2) is 10.8. The molecule has 1 aliphatic heterocycles. The molecule has 1 fully saturated rings. The number of nitrogens with one attached hydrogen (secondary N) is 1. The number of rotatable bonds is 7. The summed E-state index contributed by atoms with van der Waals surface area (Å²) >= 11 is 5.92. The van der Waals surface area contributed by atoms with E-state index in [-0.39, 0.29) is 25.1 Å². The van der Waals surface area contributed by atoms with Crippen LogP contribution in [0.25, 0.3) is 0 Å². The topological polar surface area (TPSA) is 77.1 Å². The average Bonchev–Trinajstić information content (AvgIpc) is 2.78. The molecular weight excluding hydrogens is 408 g/mol. The molecule has 0 radical (unpaired) electrons. The van der Waals surface area contributed by atoms with Gasteiger partial charge in [-0.1, -0.05) is 29.8 Å². The van der Waals surface area contributed by atoms with Crippen LogP contribution in [0.1, 0.15) is 16.7 Å². The third-order valence-corrected chi connectivity index (χ3v) is 4.99. The van der Waals surface area contributed by atoms with Gasteiger partial charge in [-0.2, -0.15) is 0 Å². The standard InChI is InChI=1S/C22H25ClN2O5/c1-28-21(26)13-17-4-7-20(29-14-16-2-5-19(23)6-3-16)18(12-17)15-30-22(27)25-10-8-24-9-11-25/h2-7,12,24H,8-11,13-15H2,1H3. The molecule has 0 aliphatic carbocycles. The summed E-state index contributed by atoms with van der Waals surface area (Å²) < 4.78 is 16.2. The van der Waals surface area contributed by atoms with Crippen molar-refractivity contribution in [2.75, 3.05) is 33.3 Å². The predicted molar refractivity (Wildman–Crippen MR) is 113 cm³/mol. The van der Waals surface area contributed by atoms with Gasteiger partial charge in [0.1, 0.15) is 19.0 Å². The monoisotopic (exact) mass is 432 g/mol. The van der Waals surface area contributed by atoms with Gasteiger partial charge in [-0.15, -0.1) is 0 Å². The minimum Gasteiger partial charge on any atom is -0.488 e. The summed E-state index contributed by atoms with van der Waals surface area (Å²) in [6.07, 6.45) is -0.231. The van der Waals surface area contributed by atoms with Crippen LogP contribution < -0.4 is 10.1 Å². The van der Waals surface area contributed by atoms with Crippen molar-refractivity contribution in [1.29, 1.82) is 0 Å². The van der Waals surface area contributed by atoms with Gasteiger partial charge >= 0.3 is 12.1 Å². The molecule has 0 unspecified atom stereocenters. The van der Waals surface area contributed by atoms with Crippen LogP contribution in [0.5, 0.6) is 5.75 Å². The fourth-order valence-corrected chi connectivity index (χ4v) is 3.18. The Bertz CT molecular complexity index is 866. The van der Waals surface area contributed by atoms with Crippen molar-refractivity contribution < 1.29 is 23.8 Å². The van der Waals surface area contributed by atoms with Gasteiger partial charge in [0.15, 0.2) is 0 Å². The van der Waals surface area contributed by atoms with E-state index in [1.807, 2.05) is 12.1 Å². The number of amides is 1. The maximum atomic E-state index is 12.4. The lowest BCUT2D eigenvalue weighted by molar-refractivity contribution is -0.139. The second-order valence-electron chi connectivity index (χ2n) is 6.90. The van der Waals surface area contributed by atoms with Gasteiger partial charge in [0, 0.05) is 36.8 Å². The zero-order valence-corrected chi connectivity index (χ0v) is 17.6. The first kappa shape index (κ1) is 21.9. The smallest absolute Gasteiger partial charge is 0.410 e. The number of methoxy groups -OCH3 is 1. The molecular formula is C22H25ClN2O5. The molecule has 30 heavy (non-hydrogen) atoms. The SMILES string of the molecule is COC(=O)Cc1ccc(OCc2ccc(Cl)cc2)c(COC(=O)N2CCNCC2)c1. The van der Waals surface area contributed by atoms with E-state index in [1.54, 1.807) is 35.2 Å². The van der Waals surface area contributed by atoms with E-state index >= 15 is 0 Å². The van der Waals surface area contributed by atoms with Gasteiger partial charge in [-0.25, -0.2) is 4.79 Å². The van der Waals surface area contributed by atoms with Crippen molar-refractivity contribution in [3.05, 3.63) is 64.2 Å². The maximum absolute atomic E-state index is 12.4. The van der Waals surface area contributed by atoms with Crippen molar-refractivity contribution in [2.45, 2.75) is 19.6 Å². The quantitative estimate of drug-likeness (QED) is 0.677. The average molecular weight is 433 g/mol. The van der Waals surface area contributed by atoms with Crippen LogP contribution in [0.3, 0.4) is 0 Å². The molecule has 1 aliphatic rings. The van der Waals surface area contributed by atoms with E-state index in [1.165, 1.54) is 7.11 Å². The number of carbonyl (C=O) groups is 2. The molecule has 0 spiro atoms. The number of halogens is 1. The molecule has 7 nitrogen and oxygen atoms in total. The van der Waals surface area contributed by atoms with E-state index in [4.69, 9.17) is 25.8 Å². The van der Waals surface area contributed by atoms with E-state index in [9.17, 15) is 9.59 Å². The summed E-state index contributed by atoms with van der Waals surface area (Å²) in [5.74, 6) is 0.250. The minimum atomic E-state index is -0.362. The Morgan fingerprint density at radius 3 is 2.43 bits per heavy atom. The van der Waals surface area contributed by atoms with Crippen molar-refractivity contribution in [1.82, 2.24) is 10.2 Å². The Labute approximate surface area is 180 Å². The second-order valence-corrected chi connectivity index (χ2v) is 7.34. The molecule has 0 bridgehead atoms. The first-order chi connectivity index (χ1) is 14.5. The van der Waals surface area contributed by atoms with E-state index in [0.717, 1.165) is 24.2 Å². The first-order valence-corrected chi connectivity index (χ1v) is 10.1. The van der Waals surface area contributed by atoms with Crippen molar-refractivity contribution in [3.63, 3.8) is 0 Å². The minimum absolute atomic E-state index is 0.0493. The molecule has 160 valence electrons. The van der Waals surface area contributed by atoms with Crippen LogP contribution in [0.2, 0.25) is 5.02 Å². The third kappa shape index (κ3) is 6.37. The predicted octanol–water partition coefficient (Wildman–Crippen LogP) is 3.18. The third-order valence-electron chi connectivity index (χ3n) is 4.73. The molecule has 1 heterocycles. The molecule has 8 heteroatoms. The number of carbonyl (C=O) groups excluding carboxylic acids is 2. The lowest BCUT2D eigenvalue weighted by atomic mass is 10.1. The van der Waals surface area contributed by atoms with Crippen LogP contribution in [0.4, 0.5) is 4.79 Å². The van der Waals surface area contributed by atoms with Crippen LogP contribution in [-0.4, -0.2) is 50.3 Å². The number of hydrogen-bond donors (Lipinski definition) is 1. The highest BCUT2D eigenvalue weighted by atomic mass is 35.5. The van der Waals surface area contributed by atoms with Crippen molar-refractivity contribution in [3.8, 4) is 5.75 Å². The highest BCUT2D eigenvalue weighted by molar-refractivity contribution is 6.30. The molecule has 0 saturated carbocycles. The van der Waals surface area contributed by atoms with Crippen molar-refractivity contribution >= 4 is 23.7 Å². The lowest BCUT2D eigenvalue weighted by Crippen LogP contribution is -2.46. The highest BCUT2D eigenvalue weighted by Gasteiger charge is 2.18. The molecule has 3 rings (SSSR count). The zero-order chi connectivity index (χ0) is 21.3. The van der Waals surface area contributed by atoms with Crippen LogP contribution in [-0.2, 0) is 33.9 Å². The molecule has 0 aromatic heterocycles. The Kier molecular flexibility index (Phi) is 7.93. The van der Waals surface area contributed by atoms with Gasteiger partial charge in [0.25, 0.3) is 0 Å². The number of hydrogen-bond acceptors (Lipinski definition) is 6. The number of piperazine rings is 1. The fraction of sp³-hybridized carbons (Fsp3) is 0.364. The molecule has 2 aromatic rings. The van der Waals surface area contributed by atoms with Crippen molar-refractivity contribution in [2.24, 2.45) is 0 Å². The highest BCUT2D eigenvalue weighted by Crippen LogP contribution is 2.24. The lowest BCUT2D eigenvalue weighted by Gasteiger charge is -2.26.